The van der Waals surface area contributed by atoms with Gasteiger partial charge in [-0.2, -0.15) is 0 Å². The van der Waals surface area contributed by atoms with Crippen molar-refractivity contribution in [2.75, 3.05) is 11.4 Å². The number of amides is 1. The number of carbonyl (C=O) groups excluding carboxylic acids is 1. The zero-order valence-electron chi connectivity index (χ0n) is 11.7. The molecule has 0 fully saturated rings. The molecule has 2 rings (SSSR count). The van der Waals surface area contributed by atoms with Crippen molar-refractivity contribution >= 4 is 28.8 Å². The summed E-state index contributed by atoms with van der Waals surface area (Å²) in [5.74, 6) is -0.00944. The van der Waals surface area contributed by atoms with E-state index in [9.17, 15) is 4.79 Å². The number of nitrogens with zero attached hydrogens (tertiary/aromatic N) is 1. The molecule has 1 aliphatic rings. The van der Waals surface area contributed by atoms with Crippen molar-refractivity contribution in [3.63, 3.8) is 0 Å². The van der Waals surface area contributed by atoms with Crippen LogP contribution in [-0.4, -0.2) is 17.4 Å². The summed E-state index contributed by atoms with van der Waals surface area (Å²) in [5.41, 5.74) is 8.37. The standard InChI is InChI=1S/C15H20N2OS/c1-10-6-7-12-11(9-10)5-4-8-17(12)14(18)15(2,3)13(16)19/h6-7,9H,4-5,8H2,1-3H3,(H2,16,19). The predicted molar refractivity (Wildman–Crippen MR) is 82.4 cm³/mol. The summed E-state index contributed by atoms with van der Waals surface area (Å²) in [5, 5.41) is 0. The Bertz CT molecular complexity index is 537. The maximum absolute atomic E-state index is 12.7. The van der Waals surface area contributed by atoms with Gasteiger partial charge in [0.2, 0.25) is 5.91 Å². The molecule has 0 unspecified atom stereocenters. The molecule has 0 radical (unpaired) electrons. The van der Waals surface area contributed by atoms with Crippen LogP contribution in [0, 0.1) is 12.3 Å². The number of nitrogens with two attached hydrogens (primary N) is 1. The first-order valence-corrected chi connectivity index (χ1v) is 6.96. The Labute approximate surface area is 119 Å². The van der Waals surface area contributed by atoms with Crippen LogP contribution in [0.15, 0.2) is 18.2 Å². The van der Waals surface area contributed by atoms with Gasteiger partial charge in [0.1, 0.15) is 0 Å². The third kappa shape index (κ3) is 2.50. The normalized spacial score (nSPS) is 15.0. The Hall–Kier alpha value is -1.42. The summed E-state index contributed by atoms with van der Waals surface area (Å²) in [6, 6.07) is 6.22. The number of hydrogen-bond acceptors (Lipinski definition) is 2. The number of anilines is 1. The molecule has 0 aromatic heterocycles. The van der Waals surface area contributed by atoms with Gasteiger partial charge in [0, 0.05) is 12.2 Å². The summed E-state index contributed by atoms with van der Waals surface area (Å²) in [6.45, 7) is 6.39. The van der Waals surface area contributed by atoms with Crippen LogP contribution in [0.3, 0.4) is 0 Å². The van der Waals surface area contributed by atoms with Gasteiger partial charge in [0.25, 0.3) is 0 Å². The Morgan fingerprint density at radius 2 is 2.11 bits per heavy atom. The van der Waals surface area contributed by atoms with Crippen LogP contribution in [0.4, 0.5) is 5.69 Å². The van der Waals surface area contributed by atoms with E-state index in [1.807, 2.05) is 17.0 Å². The molecule has 102 valence electrons. The zero-order chi connectivity index (χ0) is 14.2. The number of carbonyl (C=O) groups is 1. The SMILES string of the molecule is Cc1ccc2c(c1)CCCN2C(=O)C(C)(C)C(N)=S. The first kappa shape index (κ1) is 14.0. The van der Waals surface area contributed by atoms with Crippen molar-refractivity contribution in [2.45, 2.75) is 33.6 Å². The molecule has 1 aliphatic heterocycles. The third-order valence-electron chi connectivity index (χ3n) is 3.75. The van der Waals surface area contributed by atoms with E-state index in [2.05, 4.69) is 13.0 Å². The highest BCUT2D eigenvalue weighted by molar-refractivity contribution is 7.80. The van der Waals surface area contributed by atoms with Gasteiger partial charge in [-0.15, -0.1) is 0 Å². The molecular weight excluding hydrogens is 256 g/mol. The summed E-state index contributed by atoms with van der Waals surface area (Å²) >= 11 is 5.03. The molecule has 0 bridgehead atoms. The van der Waals surface area contributed by atoms with Crippen molar-refractivity contribution in [1.29, 1.82) is 0 Å². The van der Waals surface area contributed by atoms with Gasteiger partial charge in [0.15, 0.2) is 0 Å². The van der Waals surface area contributed by atoms with E-state index in [1.54, 1.807) is 13.8 Å². The monoisotopic (exact) mass is 276 g/mol. The number of fused-ring (bicyclic) bond motifs is 1. The lowest BCUT2D eigenvalue weighted by Gasteiger charge is -2.35. The summed E-state index contributed by atoms with van der Waals surface area (Å²) in [4.78, 5) is 14.7. The van der Waals surface area contributed by atoms with E-state index in [1.165, 1.54) is 11.1 Å². The van der Waals surface area contributed by atoms with Gasteiger partial charge in [-0.3, -0.25) is 4.79 Å². The van der Waals surface area contributed by atoms with E-state index in [4.69, 9.17) is 18.0 Å². The van der Waals surface area contributed by atoms with Crippen LogP contribution in [0.5, 0.6) is 0 Å². The average Bonchev–Trinajstić information content (AvgIpc) is 2.36. The fourth-order valence-electron chi connectivity index (χ4n) is 2.38. The molecule has 4 heteroatoms. The topological polar surface area (TPSA) is 46.3 Å². The Kier molecular flexibility index (Phi) is 3.63. The van der Waals surface area contributed by atoms with E-state index in [0.717, 1.165) is 25.1 Å². The molecule has 1 amide bonds. The summed E-state index contributed by atoms with van der Waals surface area (Å²) in [6.07, 6.45) is 2.00. The van der Waals surface area contributed by atoms with E-state index < -0.39 is 5.41 Å². The van der Waals surface area contributed by atoms with E-state index in [0.29, 0.717) is 0 Å². The molecule has 0 spiro atoms. The lowest BCUT2D eigenvalue weighted by atomic mass is 9.89. The number of aryl methyl sites for hydroxylation is 2. The second kappa shape index (κ2) is 4.93. The minimum atomic E-state index is -0.797. The van der Waals surface area contributed by atoms with Gasteiger partial charge in [-0.1, -0.05) is 29.9 Å². The largest absolute Gasteiger partial charge is 0.392 e. The first-order chi connectivity index (χ1) is 8.84. The Balaban J connectivity index is 2.39. The molecule has 1 aromatic carbocycles. The number of benzene rings is 1. The second-order valence-corrected chi connectivity index (χ2v) is 6.12. The van der Waals surface area contributed by atoms with Gasteiger partial charge >= 0.3 is 0 Å². The van der Waals surface area contributed by atoms with Crippen LogP contribution in [0.25, 0.3) is 0 Å². The van der Waals surface area contributed by atoms with Crippen molar-refractivity contribution in [1.82, 2.24) is 0 Å². The molecule has 0 saturated heterocycles. The van der Waals surface area contributed by atoms with Crippen LogP contribution in [0.1, 0.15) is 31.4 Å². The molecule has 2 N–H and O–H groups in total. The minimum Gasteiger partial charge on any atom is -0.392 e. The third-order valence-corrected chi connectivity index (χ3v) is 4.26. The zero-order valence-corrected chi connectivity index (χ0v) is 12.5. The van der Waals surface area contributed by atoms with Crippen molar-refractivity contribution in [3.05, 3.63) is 29.3 Å². The number of thiocarbonyl (C=S) groups is 1. The molecular formula is C15H20N2OS. The minimum absolute atomic E-state index is 0.00944. The van der Waals surface area contributed by atoms with E-state index in [-0.39, 0.29) is 10.9 Å². The Morgan fingerprint density at radius 3 is 2.74 bits per heavy atom. The smallest absolute Gasteiger partial charge is 0.239 e. The van der Waals surface area contributed by atoms with Crippen molar-refractivity contribution in [2.24, 2.45) is 11.1 Å². The van der Waals surface area contributed by atoms with Crippen molar-refractivity contribution < 1.29 is 4.79 Å². The summed E-state index contributed by atoms with van der Waals surface area (Å²) in [7, 11) is 0. The fraction of sp³-hybridized carbons (Fsp3) is 0.467. The summed E-state index contributed by atoms with van der Waals surface area (Å²) < 4.78 is 0. The number of hydrogen-bond donors (Lipinski definition) is 1. The van der Waals surface area contributed by atoms with Crippen LogP contribution >= 0.6 is 12.2 Å². The molecule has 0 atom stereocenters. The quantitative estimate of drug-likeness (QED) is 0.845. The van der Waals surface area contributed by atoms with Gasteiger partial charge in [-0.25, -0.2) is 0 Å². The van der Waals surface area contributed by atoms with Gasteiger partial charge < -0.3 is 10.6 Å². The van der Waals surface area contributed by atoms with E-state index >= 15 is 0 Å². The number of rotatable bonds is 2. The van der Waals surface area contributed by atoms with Crippen LogP contribution in [0.2, 0.25) is 0 Å². The highest BCUT2D eigenvalue weighted by atomic mass is 32.1. The molecule has 19 heavy (non-hydrogen) atoms. The maximum atomic E-state index is 12.7. The van der Waals surface area contributed by atoms with Gasteiger partial charge in [-0.05, 0) is 45.2 Å². The highest BCUT2D eigenvalue weighted by Crippen LogP contribution is 2.31. The van der Waals surface area contributed by atoms with Crippen molar-refractivity contribution in [3.8, 4) is 0 Å². The maximum Gasteiger partial charge on any atom is 0.239 e. The predicted octanol–water partition coefficient (Wildman–Crippen LogP) is 2.59. The molecule has 0 saturated carbocycles. The lowest BCUT2D eigenvalue weighted by molar-refractivity contribution is -0.123. The highest BCUT2D eigenvalue weighted by Gasteiger charge is 2.36. The lowest BCUT2D eigenvalue weighted by Crippen LogP contribution is -2.49. The molecule has 0 aliphatic carbocycles. The van der Waals surface area contributed by atoms with Gasteiger partial charge in [0.05, 0.1) is 10.4 Å². The fourth-order valence-corrected chi connectivity index (χ4v) is 2.47. The van der Waals surface area contributed by atoms with Crippen LogP contribution in [-0.2, 0) is 11.2 Å². The Morgan fingerprint density at radius 1 is 1.42 bits per heavy atom. The molecule has 1 heterocycles. The molecule has 1 aromatic rings. The molecule has 3 nitrogen and oxygen atoms in total. The first-order valence-electron chi connectivity index (χ1n) is 6.55. The van der Waals surface area contributed by atoms with Crippen LogP contribution < -0.4 is 10.6 Å². The second-order valence-electron chi connectivity index (χ2n) is 5.68. The average molecular weight is 276 g/mol.